The van der Waals surface area contributed by atoms with Crippen LogP contribution in [-0.4, -0.2) is 57.2 Å². The van der Waals surface area contributed by atoms with E-state index in [4.69, 9.17) is 4.74 Å². The van der Waals surface area contributed by atoms with Crippen LogP contribution in [0, 0.1) is 5.82 Å². The molecule has 1 aromatic rings. The van der Waals surface area contributed by atoms with E-state index < -0.39 is 44.8 Å². The molecule has 25 heavy (non-hydrogen) atoms. The van der Waals surface area contributed by atoms with Crippen molar-refractivity contribution in [2.75, 3.05) is 38.6 Å². The van der Waals surface area contributed by atoms with E-state index in [0.29, 0.717) is 12.1 Å². The van der Waals surface area contributed by atoms with Gasteiger partial charge < -0.3 is 10.1 Å². The number of sulfonamides is 1. The van der Waals surface area contributed by atoms with Gasteiger partial charge in [-0.2, -0.15) is 17.5 Å². The van der Waals surface area contributed by atoms with Gasteiger partial charge in [0.2, 0.25) is 10.0 Å². The molecule has 1 aliphatic rings. The maximum Gasteiger partial charge on any atom is 0.419 e. The number of morpholine rings is 1. The van der Waals surface area contributed by atoms with Gasteiger partial charge in [-0.25, -0.2) is 12.8 Å². The first-order chi connectivity index (χ1) is 11.6. The fraction of sp³-hybridized carbons (Fsp3) is 0.500. The van der Waals surface area contributed by atoms with E-state index in [9.17, 15) is 30.8 Å². The van der Waals surface area contributed by atoms with Gasteiger partial charge in [0.25, 0.3) is 5.91 Å². The van der Waals surface area contributed by atoms with Gasteiger partial charge in [0.1, 0.15) is 5.82 Å². The predicted octanol–water partition coefficient (Wildman–Crippen LogP) is 1.24. The van der Waals surface area contributed by atoms with Crippen molar-refractivity contribution in [1.82, 2.24) is 9.62 Å². The average molecular weight is 384 g/mol. The van der Waals surface area contributed by atoms with Crippen LogP contribution in [0.2, 0.25) is 0 Å². The highest BCUT2D eigenvalue weighted by Crippen LogP contribution is 2.31. The minimum atomic E-state index is -4.93. The summed E-state index contributed by atoms with van der Waals surface area (Å²) in [4.78, 5) is 11.9. The number of hydrogen-bond donors (Lipinski definition) is 1. The monoisotopic (exact) mass is 384 g/mol. The Morgan fingerprint density at radius 2 is 1.88 bits per heavy atom. The molecule has 0 bridgehead atoms. The number of rotatable bonds is 5. The third kappa shape index (κ3) is 5.13. The Balaban J connectivity index is 1.96. The van der Waals surface area contributed by atoms with Gasteiger partial charge in [-0.05, 0) is 18.2 Å². The number of carbonyl (C=O) groups is 1. The molecule has 1 amide bonds. The van der Waals surface area contributed by atoms with E-state index in [0.717, 1.165) is 6.07 Å². The van der Waals surface area contributed by atoms with Crippen LogP contribution in [0.4, 0.5) is 17.6 Å². The van der Waals surface area contributed by atoms with Crippen molar-refractivity contribution in [1.29, 1.82) is 0 Å². The zero-order valence-electron chi connectivity index (χ0n) is 13.0. The van der Waals surface area contributed by atoms with E-state index in [-0.39, 0.29) is 32.8 Å². The number of nitrogens with zero attached hydrogens (tertiary/aromatic N) is 1. The first-order valence-electron chi connectivity index (χ1n) is 7.32. The summed E-state index contributed by atoms with van der Waals surface area (Å²) in [6, 6.07) is 1.83. The molecular formula is C14H16F4N2O4S. The van der Waals surface area contributed by atoms with Gasteiger partial charge in [0, 0.05) is 25.2 Å². The molecule has 1 heterocycles. The van der Waals surface area contributed by atoms with Crippen LogP contribution in [0.3, 0.4) is 0 Å². The Morgan fingerprint density at radius 1 is 1.24 bits per heavy atom. The summed E-state index contributed by atoms with van der Waals surface area (Å²) in [7, 11) is -3.60. The minimum Gasteiger partial charge on any atom is -0.379 e. The van der Waals surface area contributed by atoms with Crippen molar-refractivity contribution in [3.63, 3.8) is 0 Å². The topological polar surface area (TPSA) is 75.7 Å². The largest absolute Gasteiger partial charge is 0.419 e. The van der Waals surface area contributed by atoms with Crippen molar-refractivity contribution >= 4 is 15.9 Å². The fourth-order valence-electron chi connectivity index (χ4n) is 2.23. The minimum absolute atomic E-state index is 0.211. The Bertz CT molecular complexity index is 731. The van der Waals surface area contributed by atoms with Crippen LogP contribution in [-0.2, 0) is 20.9 Å². The first-order valence-corrected chi connectivity index (χ1v) is 8.93. The van der Waals surface area contributed by atoms with Crippen LogP contribution in [0.1, 0.15) is 15.9 Å². The van der Waals surface area contributed by atoms with Crippen LogP contribution in [0.25, 0.3) is 0 Å². The summed E-state index contributed by atoms with van der Waals surface area (Å²) in [5.74, 6) is -2.80. The SMILES string of the molecule is O=C(NCCS(=O)(=O)N1CCOCC1)c1ccc(F)c(C(F)(F)F)c1. The highest BCUT2D eigenvalue weighted by molar-refractivity contribution is 7.89. The molecule has 6 nitrogen and oxygen atoms in total. The maximum atomic E-state index is 13.2. The van der Waals surface area contributed by atoms with Gasteiger partial charge in [-0.1, -0.05) is 0 Å². The lowest BCUT2D eigenvalue weighted by atomic mass is 10.1. The third-order valence-electron chi connectivity index (χ3n) is 3.54. The molecular weight excluding hydrogens is 368 g/mol. The molecule has 0 spiro atoms. The quantitative estimate of drug-likeness (QED) is 0.775. The summed E-state index contributed by atoms with van der Waals surface area (Å²) >= 11 is 0. The van der Waals surface area contributed by atoms with Crippen molar-refractivity contribution in [3.05, 3.63) is 35.1 Å². The predicted molar refractivity (Wildman–Crippen MR) is 79.9 cm³/mol. The Kier molecular flexibility index (Phi) is 6.01. The number of nitrogens with one attached hydrogen (secondary N) is 1. The van der Waals surface area contributed by atoms with Crippen LogP contribution < -0.4 is 5.32 Å². The molecule has 0 radical (unpaired) electrons. The highest BCUT2D eigenvalue weighted by Gasteiger charge is 2.34. The molecule has 0 saturated carbocycles. The number of benzene rings is 1. The number of halogens is 4. The van der Waals surface area contributed by atoms with Gasteiger partial charge in [0.05, 0.1) is 24.5 Å². The van der Waals surface area contributed by atoms with Crippen LogP contribution in [0.15, 0.2) is 18.2 Å². The lowest BCUT2D eigenvalue weighted by molar-refractivity contribution is -0.140. The van der Waals surface area contributed by atoms with Crippen molar-refractivity contribution in [3.8, 4) is 0 Å². The third-order valence-corrected chi connectivity index (χ3v) is 5.41. The molecule has 1 aliphatic heterocycles. The van der Waals surface area contributed by atoms with E-state index >= 15 is 0 Å². The summed E-state index contributed by atoms with van der Waals surface area (Å²) in [5, 5.41) is 2.23. The van der Waals surface area contributed by atoms with Crippen molar-refractivity contribution < 1.29 is 35.5 Å². The first kappa shape index (κ1) is 19.6. The van der Waals surface area contributed by atoms with Gasteiger partial charge in [-0.15, -0.1) is 0 Å². The molecule has 0 unspecified atom stereocenters. The molecule has 1 fully saturated rings. The fourth-order valence-corrected chi connectivity index (χ4v) is 3.56. The average Bonchev–Trinajstić information content (AvgIpc) is 2.54. The Hall–Kier alpha value is -1.72. The standard InChI is InChI=1S/C14H16F4N2O4S/c15-12-2-1-10(9-11(12)14(16,17)18)13(21)19-3-8-25(22,23)20-4-6-24-7-5-20/h1-2,9H,3-8H2,(H,19,21). The molecule has 1 aromatic carbocycles. The Labute approximate surface area is 141 Å². The van der Waals surface area contributed by atoms with Crippen LogP contribution in [0.5, 0.6) is 0 Å². The van der Waals surface area contributed by atoms with E-state index in [1.54, 1.807) is 0 Å². The molecule has 1 saturated heterocycles. The number of amides is 1. The van der Waals surface area contributed by atoms with E-state index in [1.807, 2.05) is 0 Å². The Morgan fingerprint density at radius 3 is 2.48 bits per heavy atom. The van der Waals surface area contributed by atoms with E-state index in [2.05, 4.69) is 5.32 Å². The highest BCUT2D eigenvalue weighted by atomic mass is 32.2. The zero-order chi connectivity index (χ0) is 18.7. The van der Waals surface area contributed by atoms with Crippen molar-refractivity contribution in [2.24, 2.45) is 0 Å². The summed E-state index contributed by atoms with van der Waals surface area (Å²) in [5.41, 5.74) is -1.96. The molecule has 0 atom stereocenters. The molecule has 0 aliphatic carbocycles. The van der Waals surface area contributed by atoms with Crippen molar-refractivity contribution in [2.45, 2.75) is 6.18 Å². The number of alkyl halides is 3. The normalized spacial score (nSPS) is 16.6. The van der Waals surface area contributed by atoms with Gasteiger partial charge >= 0.3 is 6.18 Å². The van der Waals surface area contributed by atoms with Gasteiger partial charge in [-0.3, -0.25) is 4.79 Å². The molecule has 2 rings (SSSR count). The molecule has 0 aromatic heterocycles. The van der Waals surface area contributed by atoms with Crippen LogP contribution >= 0.6 is 0 Å². The zero-order valence-corrected chi connectivity index (χ0v) is 13.8. The molecule has 140 valence electrons. The summed E-state index contributed by atoms with van der Waals surface area (Å²) in [6.45, 7) is 0.701. The van der Waals surface area contributed by atoms with Gasteiger partial charge in [0.15, 0.2) is 0 Å². The number of hydrogen-bond acceptors (Lipinski definition) is 4. The molecule has 1 N–H and O–H groups in total. The smallest absolute Gasteiger partial charge is 0.379 e. The maximum absolute atomic E-state index is 13.2. The number of carbonyl (C=O) groups excluding carboxylic acids is 1. The molecule has 11 heteroatoms. The second-order valence-electron chi connectivity index (χ2n) is 5.28. The lowest BCUT2D eigenvalue weighted by Crippen LogP contribution is -2.43. The second-order valence-corrected chi connectivity index (χ2v) is 7.36. The van der Waals surface area contributed by atoms with E-state index in [1.165, 1.54) is 4.31 Å². The lowest BCUT2D eigenvalue weighted by Gasteiger charge is -2.26. The summed E-state index contributed by atoms with van der Waals surface area (Å²) < 4.78 is 81.5. The second kappa shape index (κ2) is 7.67. The summed E-state index contributed by atoms with van der Waals surface area (Å²) in [6.07, 6.45) is -4.93. The number of ether oxygens (including phenoxy) is 1.